The summed E-state index contributed by atoms with van der Waals surface area (Å²) in [5.74, 6) is -1.42. The van der Waals surface area contributed by atoms with Gasteiger partial charge in [0.25, 0.3) is 0 Å². The predicted octanol–water partition coefficient (Wildman–Crippen LogP) is 2.20. The fourth-order valence-electron chi connectivity index (χ4n) is 0.733. The fraction of sp³-hybridized carbons (Fsp3) is 0. The zero-order valence-electron chi connectivity index (χ0n) is 5.62. The molecular formula is C6H3BrFNO3. The van der Waals surface area contributed by atoms with Gasteiger partial charge in [-0.05, 0) is 22.0 Å². The van der Waals surface area contributed by atoms with E-state index in [4.69, 9.17) is 5.11 Å². The smallest absolute Gasteiger partial charge is 0.324 e. The van der Waals surface area contributed by atoms with Gasteiger partial charge in [0, 0.05) is 6.07 Å². The number of nitro benzene ring substituents is 1. The Morgan fingerprint density at radius 3 is 2.58 bits per heavy atom. The topological polar surface area (TPSA) is 63.4 Å². The minimum Gasteiger partial charge on any atom is -0.502 e. The molecule has 4 nitrogen and oxygen atoms in total. The van der Waals surface area contributed by atoms with Crippen molar-refractivity contribution in [3.63, 3.8) is 0 Å². The van der Waals surface area contributed by atoms with Crippen molar-refractivity contribution in [3.8, 4) is 5.75 Å². The highest BCUT2D eigenvalue weighted by Crippen LogP contribution is 2.34. The lowest BCUT2D eigenvalue weighted by Crippen LogP contribution is -1.90. The van der Waals surface area contributed by atoms with Gasteiger partial charge in [-0.25, -0.2) is 4.39 Å². The third-order valence-electron chi connectivity index (χ3n) is 1.19. The summed E-state index contributed by atoms with van der Waals surface area (Å²) < 4.78 is 12.4. The predicted molar refractivity (Wildman–Crippen MR) is 42.4 cm³/mol. The molecule has 1 aromatic carbocycles. The molecule has 1 N–H and O–H groups in total. The second-order valence-corrected chi connectivity index (χ2v) is 2.87. The van der Waals surface area contributed by atoms with E-state index in [0.29, 0.717) is 6.07 Å². The molecule has 0 atom stereocenters. The van der Waals surface area contributed by atoms with Gasteiger partial charge in [-0.1, -0.05) is 0 Å². The minimum absolute atomic E-state index is 0.0787. The average Bonchev–Trinajstić information content (AvgIpc) is 1.82. The highest BCUT2D eigenvalue weighted by Gasteiger charge is 2.19. The van der Waals surface area contributed by atoms with Gasteiger partial charge in [-0.15, -0.1) is 0 Å². The minimum atomic E-state index is -0.793. The van der Waals surface area contributed by atoms with Crippen LogP contribution < -0.4 is 0 Å². The standard InChI is InChI=1S/C6H3BrFNO3/c7-4-1-3(8)2-5(10)6(4)9(11)12/h1-2,10H. The van der Waals surface area contributed by atoms with Crippen LogP contribution in [0.1, 0.15) is 0 Å². The summed E-state index contributed by atoms with van der Waals surface area (Å²) in [6.07, 6.45) is 0. The second-order valence-electron chi connectivity index (χ2n) is 2.01. The largest absolute Gasteiger partial charge is 0.502 e. The highest BCUT2D eigenvalue weighted by atomic mass is 79.9. The van der Waals surface area contributed by atoms with Crippen molar-refractivity contribution in [1.82, 2.24) is 0 Å². The molecule has 0 aliphatic heterocycles. The van der Waals surface area contributed by atoms with Gasteiger partial charge in [0.05, 0.1) is 4.92 Å². The van der Waals surface area contributed by atoms with Gasteiger partial charge >= 0.3 is 5.69 Å². The zero-order valence-corrected chi connectivity index (χ0v) is 7.21. The van der Waals surface area contributed by atoms with Crippen LogP contribution in [0.15, 0.2) is 16.6 Å². The summed E-state index contributed by atoms with van der Waals surface area (Å²) in [4.78, 5) is 9.45. The first-order valence-electron chi connectivity index (χ1n) is 2.85. The van der Waals surface area contributed by atoms with Crippen molar-refractivity contribution in [2.45, 2.75) is 0 Å². The lowest BCUT2D eigenvalue weighted by molar-refractivity contribution is -0.386. The summed E-state index contributed by atoms with van der Waals surface area (Å²) in [5.41, 5.74) is -0.531. The molecule has 1 aromatic rings. The van der Waals surface area contributed by atoms with Gasteiger partial charge in [0.2, 0.25) is 0 Å². The summed E-state index contributed by atoms with van der Waals surface area (Å²) in [6.45, 7) is 0. The molecule has 0 saturated heterocycles. The maximum absolute atomic E-state index is 12.5. The third-order valence-corrected chi connectivity index (χ3v) is 1.80. The first-order chi connectivity index (χ1) is 5.52. The van der Waals surface area contributed by atoms with E-state index in [1.54, 1.807) is 0 Å². The van der Waals surface area contributed by atoms with Crippen LogP contribution in [0.25, 0.3) is 0 Å². The summed E-state index contributed by atoms with van der Waals surface area (Å²) in [7, 11) is 0. The Hall–Kier alpha value is -1.17. The van der Waals surface area contributed by atoms with Crippen molar-refractivity contribution in [3.05, 3.63) is 32.5 Å². The third kappa shape index (κ3) is 1.53. The Morgan fingerprint density at radius 2 is 2.17 bits per heavy atom. The number of nitrogens with zero attached hydrogens (tertiary/aromatic N) is 1. The number of nitro groups is 1. The zero-order chi connectivity index (χ0) is 9.30. The molecule has 0 bridgehead atoms. The van der Waals surface area contributed by atoms with E-state index in [9.17, 15) is 14.5 Å². The quantitative estimate of drug-likeness (QED) is 0.600. The van der Waals surface area contributed by atoms with E-state index in [0.717, 1.165) is 6.07 Å². The molecule has 0 unspecified atom stereocenters. The van der Waals surface area contributed by atoms with Crippen molar-refractivity contribution in [2.24, 2.45) is 0 Å². The van der Waals surface area contributed by atoms with E-state index >= 15 is 0 Å². The molecule has 0 aliphatic carbocycles. The first-order valence-corrected chi connectivity index (χ1v) is 3.64. The van der Waals surface area contributed by atoms with Crippen LogP contribution in [0.3, 0.4) is 0 Å². The van der Waals surface area contributed by atoms with Crippen LogP contribution >= 0.6 is 15.9 Å². The molecule has 12 heavy (non-hydrogen) atoms. The van der Waals surface area contributed by atoms with E-state index in [-0.39, 0.29) is 4.47 Å². The summed E-state index contributed by atoms with van der Waals surface area (Å²) in [5, 5.41) is 19.2. The molecule has 0 saturated carbocycles. The van der Waals surface area contributed by atoms with Gasteiger partial charge < -0.3 is 5.11 Å². The van der Waals surface area contributed by atoms with E-state index in [2.05, 4.69) is 15.9 Å². The average molecular weight is 236 g/mol. The summed E-state index contributed by atoms with van der Waals surface area (Å²) in [6, 6.07) is 1.60. The Bertz CT molecular complexity index is 319. The number of phenolic OH excluding ortho intramolecular Hbond substituents is 1. The van der Waals surface area contributed by atoms with Crippen molar-refractivity contribution >= 4 is 21.6 Å². The Kier molecular flexibility index (Phi) is 2.27. The molecule has 0 amide bonds. The molecular weight excluding hydrogens is 233 g/mol. The fourth-order valence-corrected chi connectivity index (χ4v) is 1.30. The molecule has 0 aromatic heterocycles. The van der Waals surface area contributed by atoms with Crippen LogP contribution in [0.5, 0.6) is 5.75 Å². The van der Waals surface area contributed by atoms with Crippen LogP contribution in [0.2, 0.25) is 0 Å². The molecule has 64 valence electrons. The maximum atomic E-state index is 12.5. The SMILES string of the molecule is O=[N+]([O-])c1c(O)cc(F)cc1Br. The highest BCUT2D eigenvalue weighted by molar-refractivity contribution is 9.10. The van der Waals surface area contributed by atoms with Crippen LogP contribution in [-0.2, 0) is 0 Å². The number of phenols is 1. The molecule has 0 spiro atoms. The Morgan fingerprint density at radius 1 is 1.58 bits per heavy atom. The monoisotopic (exact) mass is 235 g/mol. The lowest BCUT2D eigenvalue weighted by atomic mass is 10.3. The van der Waals surface area contributed by atoms with Gasteiger partial charge in [-0.2, -0.15) is 0 Å². The van der Waals surface area contributed by atoms with Crippen LogP contribution in [-0.4, -0.2) is 10.0 Å². The molecule has 0 aliphatic rings. The molecule has 6 heteroatoms. The lowest BCUT2D eigenvalue weighted by Gasteiger charge is -1.97. The van der Waals surface area contributed by atoms with E-state index < -0.39 is 22.2 Å². The van der Waals surface area contributed by atoms with Gasteiger partial charge in [0.15, 0.2) is 5.75 Å². The number of benzene rings is 1. The Balaban J connectivity index is 3.38. The van der Waals surface area contributed by atoms with Crippen LogP contribution in [0.4, 0.5) is 10.1 Å². The number of hydrogen-bond donors (Lipinski definition) is 1. The van der Waals surface area contributed by atoms with Crippen molar-refractivity contribution in [2.75, 3.05) is 0 Å². The maximum Gasteiger partial charge on any atom is 0.324 e. The van der Waals surface area contributed by atoms with E-state index in [1.165, 1.54) is 0 Å². The van der Waals surface area contributed by atoms with E-state index in [1.807, 2.05) is 0 Å². The number of rotatable bonds is 1. The van der Waals surface area contributed by atoms with Gasteiger partial charge in [-0.3, -0.25) is 10.1 Å². The second kappa shape index (κ2) is 3.06. The summed E-state index contributed by atoms with van der Waals surface area (Å²) >= 11 is 2.76. The molecule has 0 fully saturated rings. The number of hydrogen-bond acceptors (Lipinski definition) is 3. The van der Waals surface area contributed by atoms with Crippen molar-refractivity contribution < 1.29 is 14.4 Å². The van der Waals surface area contributed by atoms with Crippen molar-refractivity contribution in [1.29, 1.82) is 0 Å². The van der Waals surface area contributed by atoms with Crippen LogP contribution in [0, 0.1) is 15.9 Å². The number of aromatic hydroxyl groups is 1. The first kappa shape index (κ1) is 8.92. The molecule has 1 rings (SSSR count). The normalized spacial score (nSPS) is 9.83. The Labute approximate surface area is 74.9 Å². The number of halogens is 2. The van der Waals surface area contributed by atoms with Gasteiger partial charge in [0.1, 0.15) is 10.3 Å². The molecule has 0 radical (unpaired) electrons. The molecule has 0 heterocycles.